The van der Waals surface area contributed by atoms with Gasteiger partial charge in [0.25, 0.3) is 0 Å². The molecule has 3 N–H and O–H groups in total. The van der Waals surface area contributed by atoms with E-state index in [4.69, 9.17) is 10.2 Å². The van der Waals surface area contributed by atoms with Gasteiger partial charge in [0.2, 0.25) is 5.88 Å². The molecular formula is C10H8N2O3. The van der Waals surface area contributed by atoms with E-state index >= 15 is 0 Å². The molecule has 0 bridgehead atoms. The number of aromatic nitrogens is 2. The summed E-state index contributed by atoms with van der Waals surface area (Å²) in [4.78, 5) is 16.9. The van der Waals surface area contributed by atoms with Crippen molar-refractivity contribution in [3.05, 3.63) is 36.3 Å². The summed E-state index contributed by atoms with van der Waals surface area (Å²) in [7, 11) is 0. The number of carboxylic acids is 1. The first kappa shape index (κ1) is 9.26. The zero-order valence-electron chi connectivity index (χ0n) is 7.64. The fourth-order valence-electron chi connectivity index (χ4n) is 1.28. The average Bonchev–Trinajstić information content (AvgIpc) is 2.66. The highest BCUT2D eigenvalue weighted by molar-refractivity contribution is 5.87. The van der Waals surface area contributed by atoms with Gasteiger partial charge in [0.15, 0.2) is 0 Å². The maximum atomic E-state index is 10.6. The minimum Gasteiger partial charge on any atom is -0.493 e. The van der Waals surface area contributed by atoms with Crippen LogP contribution in [0.1, 0.15) is 10.5 Å². The fourth-order valence-corrected chi connectivity index (χ4v) is 1.28. The molecule has 0 aliphatic rings. The van der Waals surface area contributed by atoms with Gasteiger partial charge in [0.1, 0.15) is 5.69 Å². The number of carbonyl (C=O) groups is 1. The van der Waals surface area contributed by atoms with E-state index in [1.165, 1.54) is 18.3 Å². The van der Waals surface area contributed by atoms with Gasteiger partial charge in [-0.05, 0) is 17.7 Å². The van der Waals surface area contributed by atoms with Crippen molar-refractivity contribution < 1.29 is 15.0 Å². The molecule has 0 spiro atoms. The van der Waals surface area contributed by atoms with Gasteiger partial charge >= 0.3 is 5.97 Å². The van der Waals surface area contributed by atoms with Crippen molar-refractivity contribution in [2.75, 3.05) is 0 Å². The summed E-state index contributed by atoms with van der Waals surface area (Å²) in [5.74, 6) is -1.11. The number of carboxylic acid groups (broad SMARTS) is 1. The van der Waals surface area contributed by atoms with Gasteiger partial charge in [-0.3, -0.25) is 0 Å². The molecule has 0 aliphatic heterocycles. The molecule has 0 amide bonds. The van der Waals surface area contributed by atoms with E-state index in [1.54, 1.807) is 12.3 Å². The summed E-state index contributed by atoms with van der Waals surface area (Å²) in [5, 5.41) is 17.9. The number of nitrogens with one attached hydrogen (secondary N) is 1. The van der Waals surface area contributed by atoms with Crippen LogP contribution in [0.3, 0.4) is 0 Å². The minimum absolute atomic E-state index is 0.0921. The molecule has 0 aliphatic carbocycles. The van der Waals surface area contributed by atoms with Gasteiger partial charge in [0.05, 0.1) is 0 Å². The Hall–Kier alpha value is -2.30. The molecular weight excluding hydrogens is 196 g/mol. The Morgan fingerprint density at radius 2 is 2.13 bits per heavy atom. The lowest BCUT2D eigenvalue weighted by Crippen LogP contribution is -1.94. The molecule has 0 fully saturated rings. The third kappa shape index (κ3) is 1.80. The van der Waals surface area contributed by atoms with Crippen LogP contribution in [0.2, 0.25) is 0 Å². The molecule has 0 radical (unpaired) electrons. The first-order chi connectivity index (χ1) is 7.16. The largest absolute Gasteiger partial charge is 0.493 e. The van der Waals surface area contributed by atoms with E-state index in [0.717, 1.165) is 0 Å². The first-order valence-corrected chi connectivity index (χ1v) is 4.24. The van der Waals surface area contributed by atoms with Gasteiger partial charge in [-0.15, -0.1) is 0 Å². The second kappa shape index (κ2) is 3.45. The van der Waals surface area contributed by atoms with Crippen molar-refractivity contribution in [3.8, 4) is 17.0 Å². The average molecular weight is 204 g/mol. The van der Waals surface area contributed by atoms with Crippen LogP contribution < -0.4 is 0 Å². The number of pyridine rings is 1. The van der Waals surface area contributed by atoms with Gasteiger partial charge in [0, 0.05) is 24.0 Å². The number of aromatic amines is 1. The molecule has 0 unspecified atom stereocenters. The third-order valence-electron chi connectivity index (χ3n) is 1.99. The molecule has 2 aromatic rings. The minimum atomic E-state index is -1.01. The molecule has 2 heterocycles. The summed E-state index contributed by atoms with van der Waals surface area (Å²) < 4.78 is 0. The predicted molar refractivity (Wildman–Crippen MR) is 52.6 cm³/mol. The normalized spacial score (nSPS) is 10.1. The van der Waals surface area contributed by atoms with Gasteiger partial charge < -0.3 is 15.2 Å². The highest BCUT2D eigenvalue weighted by Crippen LogP contribution is 2.22. The van der Waals surface area contributed by atoms with E-state index in [0.29, 0.717) is 11.1 Å². The van der Waals surface area contributed by atoms with Crippen molar-refractivity contribution in [1.82, 2.24) is 9.97 Å². The van der Waals surface area contributed by atoms with Gasteiger partial charge in [-0.1, -0.05) is 0 Å². The number of aromatic carboxylic acids is 1. The molecule has 0 saturated carbocycles. The molecule has 15 heavy (non-hydrogen) atoms. The highest BCUT2D eigenvalue weighted by atomic mass is 16.4. The highest BCUT2D eigenvalue weighted by Gasteiger charge is 2.07. The molecule has 2 rings (SSSR count). The van der Waals surface area contributed by atoms with Crippen molar-refractivity contribution in [2.45, 2.75) is 0 Å². The second-order valence-corrected chi connectivity index (χ2v) is 3.01. The van der Waals surface area contributed by atoms with Crippen LogP contribution in [0, 0.1) is 0 Å². The lowest BCUT2D eigenvalue weighted by Gasteiger charge is -1.96. The lowest BCUT2D eigenvalue weighted by atomic mass is 10.1. The van der Waals surface area contributed by atoms with Crippen LogP contribution in [-0.4, -0.2) is 26.2 Å². The molecule has 5 nitrogen and oxygen atoms in total. The zero-order valence-corrected chi connectivity index (χ0v) is 7.64. The van der Waals surface area contributed by atoms with Crippen molar-refractivity contribution in [1.29, 1.82) is 0 Å². The second-order valence-electron chi connectivity index (χ2n) is 3.01. The topological polar surface area (TPSA) is 86.2 Å². The van der Waals surface area contributed by atoms with Crippen LogP contribution in [0.4, 0.5) is 0 Å². The van der Waals surface area contributed by atoms with Gasteiger partial charge in [-0.25, -0.2) is 9.78 Å². The van der Waals surface area contributed by atoms with E-state index in [2.05, 4.69) is 9.97 Å². The first-order valence-electron chi connectivity index (χ1n) is 4.24. The Balaban J connectivity index is 2.41. The maximum Gasteiger partial charge on any atom is 0.352 e. The van der Waals surface area contributed by atoms with E-state index in [9.17, 15) is 4.79 Å². The number of nitrogens with zero attached hydrogens (tertiary/aromatic N) is 1. The van der Waals surface area contributed by atoms with E-state index < -0.39 is 5.97 Å². The van der Waals surface area contributed by atoms with Crippen molar-refractivity contribution >= 4 is 5.97 Å². The zero-order chi connectivity index (χ0) is 10.8. The SMILES string of the molecule is O=C(O)c1cc(-c2ccnc(O)c2)c[nH]1. The van der Waals surface area contributed by atoms with E-state index in [1.807, 2.05) is 0 Å². The Morgan fingerprint density at radius 1 is 1.33 bits per heavy atom. The molecule has 76 valence electrons. The Morgan fingerprint density at radius 3 is 2.73 bits per heavy atom. The van der Waals surface area contributed by atoms with Crippen LogP contribution in [-0.2, 0) is 0 Å². The summed E-state index contributed by atoms with van der Waals surface area (Å²) >= 11 is 0. The molecule has 0 atom stereocenters. The number of hydrogen-bond acceptors (Lipinski definition) is 3. The lowest BCUT2D eigenvalue weighted by molar-refractivity contribution is 0.0691. The number of aromatic hydroxyl groups is 1. The van der Waals surface area contributed by atoms with Crippen LogP contribution in [0.25, 0.3) is 11.1 Å². The van der Waals surface area contributed by atoms with Crippen LogP contribution in [0.5, 0.6) is 5.88 Å². The third-order valence-corrected chi connectivity index (χ3v) is 1.99. The Kier molecular flexibility index (Phi) is 2.13. The molecule has 0 aromatic carbocycles. The quantitative estimate of drug-likeness (QED) is 0.691. The summed E-state index contributed by atoms with van der Waals surface area (Å²) in [6.45, 7) is 0. The monoisotopic (exact) mass is 204 g/mol. The van der Waals surface area contributed by atoms with Crippen LogP contribution in [0.15, 0.2) is 30.6 Å². The summed E-state index contributed by atoms with van der Waals surface area (Å²) in [6, 6.07) is 4.65. The van der Waals surface area contributed by atoms with Gasteiger partial charge in [-0.2, -0.15) is 0 Å². The molecule has 5 heteroatoms. The fraction of sp³-hybridized carbons (Fsp3) is 0. The van der Waals surface area contributed by atoms with Crippen LogP contribution >= 0.6 is 0 Å². The number of hydrogen-bond donors (Lipinski definition) is 3. The Bertz CT molecular complexity index is 505. The molecule has 0 saturated heterocycles. The summed E-state index contributed by atoms with van der Waals surface area (Å²) in [6.07, 6.45) is 3.02. The predicted octanol–water partition coefficient (Wildman–Crippen LogP) is 1.48. The van der Waals surface area contributed by atoms with E-state index in [-0.39, 0.29) is 11.6 Å². The van der Waals surface area contributed by atoms with Crippen molar-refractivity contribution in [2.24, 2.45) is 0 Å². The standard InChI is InChI=1S/C10H8N2O3/c13-9-4-6(1-2-11-9)7-3-8(10(14)15)12-5-7/h1-5,12H,(H,11,13)(H,14,15). The number of H-pyrrole nitrogens is 1. The number of rotatable bonds is 2. The summed E-state index contributed by atoms with van der Waals surface area (Å²) in [5.41, 5.74) is 1.53. The molecule has 2 aromatic heterocycles. The Labute approximate surface area is 85.0 Å². The maximum absolute atomic E-state index is 10.6. The van der Waals surface area contributed by atoms with Crippen molar-refractivity contribution in [3.63, 3.8) is 0 Å². The smallest absolute Gasteiger partial charge is 0.352 e.